The molecule has 0 atom stereocenters. The maximum absolute atomic E-state index is 14.0. The van der Waals surface area contributed by atoms with Crippen LogP contribution >= 0.6 is 0 Å². The number of rotatable bonds is 6. The number of carbonyl (C=O) groups excluding carboxylic acids is 2. The third kappa shape index (κ3) is 5.97. The summed E-state index contributed by atoms with van der Waals surface area (Å²) in [5, 5.41) is 8.00. The molecular formula is C22H18F4N4O3. The van der Waals surface area contributed by atoms with E-state index >= 15 is 0 Å². The van der Waals surface area contributed by atoms with E-state index in [0.717, 1.165) is 11.6 Å². The number of halogens is 4. The Morgan fingerprint density at radius 2 is 1.70 bits per heavy atom. The monoisotopic (exact) mass is 462 g/mol. The second-order valence-electron chi connectivity index (χ2n) is 6.79. The Bertz CT molecular complexity index is 1200. The lowest BCUT2D eigenvalue weighted by molar-refractivity contribution is -0.275. The lowest BCUT2D eigenvalue weighted by Gasteiger charge is -2.15. The topological polar surface area (TPSA) is 92.4 Å². The van der Waals surface area contributed by atoms with Crippen molar-refractivity contribution in [2.24, 2.45) is 0 Å². The van der Waals surface area contributed by atoms with Crippen molar-refractivity contribution < 1.29 is 31.9 Å². The summed E-state index contributed by atoms with van der Waals surface area (Å²) in [7, 11) is 1.42. The Morgan fingerprint density at radius 1 is 0.970 bits per heavy atom. The lowest BCUT2D eigenvalue weighted by Crippen LogP contribution is -2.20. The average molecular weight is 462 g/mol. The summed E-state index contributed by atoms with van der Waals surface area (Å²) in [6.45, 7) is 1.85. The van der Waals surface area contributed by atoms with Crippen molar-refractivity contribution in [1.29, 1.82) is 0 Å². The molecule has 0 fully saturated rings. The Labute approximate surface area is 185 Å². The van der Waals surface area contributed by atoms with E-state index in [9.17, 15) is 27.2 Å². The predicted octanol–water partition coefficient (Wildman–Crippen LogP) is 4.78. The van der Waals surface area contributed by atoms with Gasteiger partial charge in [0, 0.05) is 24.5 Å². The van der Waals surface area contributed by atoms with Gasteiger partial charge in [0.25, 0.3) is 11.8 Å². The first-order valence-electron chi connectivity index (χ1n) is 9.49. The minimum absolute atomic E-state index is 0.0976. The van der Waals surface area contributed by atoms with Crippen LogP contribution < -0.4 is 20.7 Å². The molecule has 0 saturated heterocycles. The summed E-state index contributed by atoms with van der Waals surface area (Å²) in [6, 6.07) is 10.9. The summed E-state index contributed by atoms with van der Waals surface area (Å²) in [4.78, 5) is 28.9. The molecule has 0 radical (unpaired) electrons. The van der Waals surface area contributed by atoms with Crippen molar-refractivity contribution in [1.82, 2.24) is 10.3 Å². The Morgan fingerprint density at radius 3 is 2.33 bits per heavy atom. The van der Waals surface area contributed by atoms with E-state index in [4.69, 9.17) is 0 Å². The van der Waals surface area contributed by atoms with Gasteiger partial charge in [0.05, 0.1) is 11.3 Å². The third-order valence-electron chi connectivity index (χ3n) is 4.44. The van der Waals surface area contributed by atoms with Gasteiger partial charge in [0.15, 0.2) is 17.4 Å². The molecule has 3 rings (SSSR count). The normalized spacial score (nSPS) is 11.0. The lowest BCUT2D eigenvalue weighted by atomic mass is 10.1. The molecule has 33 heavy (non-hydrogen) atoms. The standard InChI is InChI=1S/C22H18F4N4O3/c1-12-5-3-4-6-16(12)29-19-17(10-14(11-28-19)20(31)27-2)30-21(32)13-7-8-18(15(23)9-13)33-22(24,25)26/h3-11H,1-2H3,(H,27,31)(H,28,29)(H,30,32). The van der Waals surface area contributed by atoms with Crippen molar-refractivity contribution in [2.45, 2.75) is 13.3 Å². The van der Waals surface area contributed by atoms with E-state index in [2.05, 4.69) is 25.7 Å². The fourth-order valence-electron chi connectivity index (χ4n) is 2.81. The molecular weight excluding hydrogens is 444 g/mol. The van der Waals surface area contributed by atoms with Gasteiger partial charge in [-0.15, -0.1) is 13.2 Å². The number of aryl methyl sites for hydroxylation is 1. The number of carbonyl (C=O) groups is 2. The molecule has 1 aromatic heterocycles. The highest BCUT2D eigenvalue weighted by atomic mass is 19.4. The average Bonchev–Trinajstić information content (AvgIpc) is 2.76. The van der Waals surface area contributed by atoms with E-state index in [1.165, 1.54) is 19.3 Å². The summed E-state index contributed by atoms with van der Waals surface area (Å²) < 4.78 is 54.6. The molecule has 0 aliphatic heterocycles. The number of hydrogen-bond acceptors (Lipinski definition) is 5. The molecule has 3 N–H and O–H groups in total. The van der Waals surface area contributed by atoms with Gasteiger partial charge in [-0.05, 0) is 42.8 Å². The molecule has 11 heteroatoms. The van der Waals surface area contributed by atoms with Crippen molar-refractivity contribution in [3.05, 3.63) is 77.2 Å². The number of anilines is 3. The van der Waals surface area contributed by atoms with E-state index in [0.29, 0.717) is 17.8 Å². The van der Waals surface area contributed by atoms with Gasteiger partial charge < -0.3 is 20.7 Å². The summed E-state index contributed by atoms with van der Waals surface area (Å²) >= 11 is 0. The summed E-state index contributed by atoms with van der Waals surface area (Å²) in [6.07, 6.45) is -3.77. The van der Waals surface area contributed by atoms with E-state index in [1.54, 1.807) is 12.1 Å². The Hall–Kier alpha value is -4.15. The van der Waals surface area contributed by atoms with Crippen molar-refractivity contribution in [3.63, 3.8) is 0 Å². The van der Waals surface area contributed by atoms with Gasteiger partial charge in [-0.3, -0.25) is 9.59 Å². The van der Waals surface area contributed by atoms with Crippen LogP contribution in [0.5, 0.6) is 5.75 Å². The van der Waals surface area contributed by atoms with Crippen LogP contribution in [0.15, 0.2) is 54.7 Å². The fourth-order valence-corrected chi connectivity index (χ4v) is 2.81. The third-order valence-corrected chi connectivity index (χ3v) is 4.44. The molecule has 0 bridgehead atoms. The van der Waals surface area contributed by atoms with Gasteiger partial charge in [-0.1, -0.05) is 18.2 Å². The van der Waals surface area contributed by atoms with Crippen LogP contribution in [0.4, 0.5) is 34.8 Å². The van der Waals surface area contributed by atoms with Gasteiger partial charge in [-0.25, -0.2) is 9.37 Å². The molecule has 0 unspecified atom stereocenters. The first-order chi connectivity index (χ1) is 15.6. The smallest absolute Gasteiger partial charge is 0.403 e. The van der Waals surface area contributed by atoms with Gasteiger partial charge in [-0.2, -0.15) is 0 Å². The van der Waals surface area contributed by atoms with Gasteiger partial charge in [0.1, 0.15) is 0 Å². The maximum Gasteiger partial charge on any atom is 0.573 e. The van der Waals surface area contributed by atoms with Crippen molar-refractivity contribution >= 4 is 29.0 Å². The quantitative estimate of drug-likeness (QED) is 0.459. The Kier molecular flexibility index (Phi) is 6.80. The number of benzene rings is 2. The zero-order chi connectivity index (χ0) is 24.2. The number of nitrogens with zero attached hydrogens (tertiary/aromatic N) is 1. The molecule has 2 amide bonds. The molecule has 0 saturated carbocycles. The predicted molar refractivity (Wildman–Crippen MR) is 113 cm³/mol. The minimum Gasteiger partial charge on any atom is -0.403 e. The summed E-state index contributed by atoms with van der Waals surface area (Å²) in [5.74, 6) is -3.53. The Balaban J connectivity index is 1.92. The number of hydrogen-bond donors (Lipinski definition) is 3. The van der Waals surface area contributed by atoms with Crippen LogP contribution in [0.2, 0.25) is 0 Å². The number of pyridine rings is 1. The number of alkyl halides is 3. The van der Waals surface area contributed by atoms with Crippen LogP contribution in [-0.4, -0.2) is 30.2 Å². The molecule has 172 valence electrons. The maximum atomic E-state index is 14.0. The highest BCUT2D eigenvalue weighted by molar-refractivity contribution is 6.07. The van der Waals surface area contributed by atoms with Crippen LogP contribution in [0.25, 0.3) is 0 Å². The van der Waals surface area contributed by atoms with Crippen LogP contribution in [-0.2, 0) is 0 Å². The summed E-state index contributed by atoms with van der Waals surface area (Å²) in [5.41, 5.74) is 1.54. The second-order valence-corrected chi connectivity index (χ2v) is 6.79. The van der Waals surface area contributed by atoms with Crippen LogP contribution in [0.1, 0.15) is 26.3 Å². The highest BCUT2D eigenvalue weighted by Gasteiger charge is 2.32. The fraction of sp³-hybridized carbons (Fsp3) is 0.136. The van der Waals surface area contributed by atoms with E-state index < -0.39 is 29.7 Å². The molecule has 0 aliphatic carbocycles. The molecule has 7 nitrogen and oxygen atoms in total. The van der Waals surface area contributed by atoms with Crippen molar-refractivity contribution in [3.8, 4) is 5.75 Å². The zero-order valence-electron chi connectivity index (χ0n) is 17.4. The number of ether oxygens (including phenoxy) is 1. The highest BCUT2D eigenvalue weighted by Crippen LogP contribution is 2.29. The van der Waals surface area contributed by atoms with Crippen molar-refractivity contribution in [2.75, 3.05) is 17.7 Å². The second kappa shape index (κ2) is 9.55. The zero-order valence-corrected chi connectivity index (χ0v) is 17.4. The molecule has 1 heterocycles. The number of nitrogens with one attached hydrogen (secondary N) is 3. The van der Waals surface area contributed by atoms with Gasteiger partial charge in [0.2, 0.25) is 0 Å². The molecule has 0 aliphatic rings. The van der Waals surface area contributed by atoms with Crippen LogP contribution in [0, 0.1) is 12.7 Å². The number of amides is 2. The molecule has 2 aromatic carbocycles. The SMILES string of the molecule is CNC(=O)c1cnc(Nc2ccccc2C)c(NC(=O)c2ccc(OC(F)(F)F)c(F)c2)c1. The number of aromatic nitrogens is 1. The van der Waals surface area contributed by atoms with E-state index in [-0.39, 0.29) is 22.6 Å². The van der Waals surface area contributed by atoms with Gasteiger partial charge >= 0.3 is 6.36 Å². The molecule has 0 spiro atoms. The first-order valence-corrected chi connectivity index (χ1v) is 9.49. The first kappa shape index (κ1) is 23.5. The number of para-hydroxylation sites is 1. The largest absolute Gasteiger partial charge is 0.573 e. The minimum atomic E-state index is -5.08. The molecule has 3 aromatic rings. The van der Waals surface area contributed by atoms with E-state index in [1.807, 2.05) is 19.1 Å². The van der Waals surface area contributed by atoms with Crippen LogP contribution in [0.3, 0.4) is 0 Å².